The first-order chi connectivity index (χ1) is 16.1. The largest absolute Gasteiger partial charge is 0.515 e. The zero-order valence-corrected chi connectivity index (χ0v) is 20.2. The summed E-state index contributed by atoms with van der Waals surface area (Å²) in [5, 5.41) is 2.82. The second kappa shape index (κ2) is 12.7. The van der Waals surface area contributed by atoms with Gasteiger partial charge in [-0.1, -0.05) is 25.5 Å². The van der Waals surface area contributed by atoms with Gasteiger partial charge in [0.15, 0.2) is 0 Å². The van der Waals surface area contributed by atoms with Crippen molar-refractivity contribution >= 4 is 28.0 Å². The summed E-state index contributed by atoms with van der Waals surface area (Å²) in [6, 6.07) is 8.55. The van der Waals surface area contributed by atoms with Gasteiger partial charge in [0.05, 0.1) is 16.6 Å². The minimum absolute atomic E-state index is 0.00617. The Morgan fingerprint density at radius 1 is 1.06 bits per heavy atom. The number of amides is 2. The minimum Gasteiger partial charge on any atom is -0.431 e. The summed E-state index contributed by atoms with van der Waals surface area (Å²) < 4.78 is 36.8. The van der Waals surface area contributed by atoms with E-state index in [1.165, 1.54) is 24.3 Å². The lowest BCUT2D eigenvalue weighted by Gasteiger charge is -2.09. The van der Waals surface area contributed by atoms with Gasteiger partial charge in [-0.25, -0.2) is 22.9 Å². The number of nitrogens with one attached hydrogen (secondary N) is 2. The number of carbonyl (C=O) groups excluding carboxylic acids is 3. The summed E-state index contributed by atoms with van der Waals surface area (Å²) in [6.07, 6.45) is 2.60. The summed E-state index contributed by atoms with van der Waals surface area (Å²) in [6.45, 7) is 5.78. The van der Waals surface area contributed by atoms with E-state index in [0.29, 0.717) is 19.4 Å². The summed E-state index contributed by atoms with van der Waals surface area (Å²) in [7, 11) is -4.11. The van der Waals surface area contributed by atoms with Crippen LogP contribution < -0.4 is 14.8 Å². The molecule has 1 heterocycles. The number of unbranched alkanes of at least 4 members (excludes halogenated alkanes) is 1. The number of rotatable bonds is 11. The maximum atomic E-state index is 12.6. The van der Waals surface area contributed by atoms with Crippen molar-refractivity contribution in [2.75, 3.05) is 6.54 Å². The van der Waals surface area contributed by atoms with Crippen molar-refractivity contribution in [2.45, 2.75) is 57.5 Å². The van der Waals surface area contributed by atoms with Crippen molar-refractivity contribution in [3.05, 3.63) is 53.7 Å². The molecule has 2 rings (SSSR count). The van der Waals surface area contributed by atoms with Crippen LogP contribution in [0.5, 0.6) is 5.88 Å². The number of pyridine rings is 1. The van der Waals surface area contributed by atoms with Crippen LogP contribution in [0, 0.1) is 0 Å². The molecule has 2 amide bonds. The first-order valence-electron chi connectivity index (χ1n) is 10.9. The van der Waals surface area contributed by atoms with Crippen molar-refractivity contribution in [2.24, 2.45) is 0 Å². The van der Waals surface area contributed by atoms with Crippen LogP contribution in [0.2, 0.25) is 0 Å². The lowest BCUT2D eigenvalue weighted by molar-refractivity contribution is -0.121. The normalized spacial score (nSPS) is 11.1. The third kappa shape index (κ3) is 8.81. The van der Waals surface area contributed by atoms with Gasteiger partial charge in [-0.05, 0) is 50.5 Å². The number of nitrogens with zero attached hydrogens (tertiary/aromatic N) is 1. The number of hydrogen-bond donors (Lipinski definition) is 2. The topological polar surface area (TPSA) is 141 Å². The second-order valence-electron chi connectivity index (χ2n) is 7.69. The van der Waals surface area contributed by atoms with Crippen LogP contribution in [0.4, 0.5) is 4.79 Å². The number of hydrogen-bond acceptors (Lipinski definition) is 8. The van der Waals surface area contributed by atoms with E-state index >= 15 is 0 Å². The average molecular weight is 492 g/mol. The van der Waals surface area contributed by atoms with Gasteiger partial charge in [0.25, 0.3) is 15.9 Å². The van der Waals surface area contributed by atoms with Crippen LogP contribution in [0.15, 0.2) is 47.5 Å². The number of carbonyl (C=O) groups is 3. The van der Waals surface area contributed by atoms with Gasteiger partial charge in [0.2, 0.25) is 11.8 Å². The zero-order valence-electron chi connectivity index (χ0n) is 19.4. The van der Waals surface area contributed by atoms with E-state index < -0.39 is 22.1 Å². The molecule has 0 aliphatic rings. The van der Waals surface area contributed by atoms with Crippen LogP contribution in [0.1, 0.15) is 56.0 Å². The number of aromatic nitrogens is 1. The van der Waals surface area contributed by atoms with Gasteiger partial charge in [0, 0.05) is 25.2 Å². The van der Waals surface area contributed by atoms with Crippen LogP contribution in [0.25, 0.3) is 0 Å². The van der Waals surface area contributed by atoms with Gasteiger partial charge in [-0.3, -0.25) is 9.59 Å². The van der Waals surface area contributed by atoms with Crippen molar-refractivity contribution < 1.29 is 32.3 Å². The van der Waals surface area contributed by atoms with Crippen molar-refractivity contribution in [3.8, 4) is 5.88 Å². The summed E-state index contributed by atoms with van der Waals surface area (Å²) in [5.41, 5.74) is 0.806. The highest BCUT2D eigenvalue weighted by molar-refractivity contribution is 7.90. The molecule has 0 atom stereocenters. The summed E-state index contributed by atoms with van der Waals surface area (Å²) >= 11 is 0. The van der Waals surface area contributed by atoms with Crippen molar-refractivity contribution in [1.29, 1.82) is 0 Å². The van der Waals surface area contributed by atoms with E-state index in [2.05, 4.69) is 10.3 Å². The molecule has 10 nitrogen and oxygen atoms in total. The Morgan fingerprint density at radius 3 is 2.35 bits per heavy atom. The molecule has 0 bridgehead atoms. The van der Waals surface area contributed by atoms with E-state index in [9.17, 15) is 22.8 Å². The van der Waals surface area contributed by atoms with Gasteiger partial charge in [-0.15, -0.1) is 0 Å². The number of ether oxygens (including phenoxy) is 2. The zero-order chi connectivity index (χ0) is 25.1. The highest BCUT2D eigenvalue weighted by Crippen LogP contribution is 2.13. The first kappa shape index (κ1) is 26.8. The third-order valence-electron chi connectivity index (χ3n) is 4.47. The van der Waals surface area contributed by atoms with Gasteiger partial charge < -0.3 is 14.8 Å². The molecule has 0 fully saturated rings. The Balaban J connectivity index is 1.91. The maximum absolute atomic E-state index is 12.6. The molecule has 0 unspecified atom stereocenters. The minimum atomic E-state index is -4.11. The Bertz CT molecular complexity index is 1080. The Kier molecular flexibility index (Phi) is 9.99. The Hall–Kier alpha value is -3.47. The molecule has 0 aliphatic carbocycles. The lowest BCUT2D eigenvalue weighted by Crippen LogP contribution is -2.30. The molecule has 2 aromatic rings. The Morgan fingerprint density at radius 2 is 1.76 bits per heavy atom. The lowest BCUT2D eigenvalue weighted by atomic mass is 10.1. The van der Waals surface area contributed by atoms with E-state index in [1.54, 1.807) is 26.0 Å². The van der Waals surface area contributed by atoms with Crippen LogP contribution in [-0.2, 0) is 26.0 Å². The molecule has 0 saturated heterocycles. The average Bonchev–Trinajstić information content (AvgIpc) is 2.77. The fourth-order valence-corrected chi connectivity index (χ4v) is 3.70. The second-order valence-corrected chi connectivity index (χ2v) is 9.37. The molecule has 34 heavy (non-hydrogen) atoms. The van der Waals surface area contributed by atoms with Crippen LogP contribution in [0.3, 0.4) is 0 Å². The quantitative estimate of drug-likeness (QED) is 0.457. The maximum Gasteiger partial charge on any atom is 0.515 e. The monoisotopic (exact) mass is 491 g/mol. The smallest absolute Gasteiger partial charge is 0.431 e. The molecule has 2 N–H and O–H groups in total. The molecule has 0 spiro atoms. The first-order valence-corrected chi connectivity index (χ1v) is 12.4. The van der Waals surface area contributed by atoms with Gasteiger partial charge in [0.1, 0.15) is 0 Å². The van der Waals surface area contributed by atoms with Crippen molar-refractivity contribution in [1.82, 2.24) is 15.0 Å². The predicted octanol–water partition coefficient (Wildman–Crippen LogP) is 2.97. The predicted molar refractivity (Wildman–Crippen MR) is 124 cm³/mol. The molecular weight excluding hydrogens is 462 g/mol. The molecule has 1 aromatic carbocycles. The van der Waals surface area contributed by atoms with Crippen LogP contribution >= 0.6 is 0 Å². The Labute approximate surface area is 199 Å². The standard InChI is InChI=1S/C23H29N3O7S/c1-4-5-6-20(27)24-14-13-17-7-10-19(11-8-17)34(30,31)26-22(28)18-9-12-21(25-15-18)33-23(29)32-16(2)3/h7-12,15-16H,4-6,13-14H2,1-3H3,(H,24,27)(H,26,28). The fourth-order valence-electron chi connectivity index (χ4n) is 2.72. The number of sulfonamides is 1. The molecule has 0 radical (unpaired) electrons. The van der Waals surface area contributed by atoms with E-state index in [0.717, 1.165) is 24.6 Å². The van der Waals surface area contributed by atoms with Gasteiger partial charge >= 0.3 is 6.16 Å². The molecular formula is C23H29N3O7S. The van der Waals surface area contributed by atoms with E-state index in [1.807, 2.05) is 11.6 Å². The van der Waals surface area contributed by atoms with Crippen molar-refractivity contribution in [3.63, 3.8) is 0 Å². The molecule has 184 valence electrons. The highest BCUT2D eigenvalue weighted by atomic mass is 32.2. The highest BCUT2D eigenvalue weighted by Gasteiger charge is 2.19. The molecule has 1 aromatic heterocycles. The molecule has 0 aliphatic heterocycles. The van der Waals surface area contributed by atoms with E-state index in [-0.39, 0.29) is 28.4 Å². The van der Waals surface area contributed by atoms with E-state index in [4.69, 9.17) is 9.47 Å². The van der Waals surface area contributed by atoms with Crippen LogP contribution in [-0.4, -0.2) is 44.0 Å². The molecule has 0 saturated carbocycles. The summed E-state index contributed by atoms with van der Waals surface area (Å²) in [4.78, 5) is 39.2. The summed E-state index contributed by atoms with van der Waals surface area (Å²) in [5.74, 6) is -0.988. The molecule has 11 heteroatoms. The fraction of sp³-hybridized carbons (Fsp3) is 0.391. The number of benzene rings is 1. The SMILES string of the molecule is CCCCC(=O)NCCc1ccc(S(=O)(=O)NC(=O)c2ccc(OC(=O)OC(C)C)nc2)cc1. The van der Waals surface area contributed by atoms with Gasteiger partial charge in [-0.2, -0.15) is 0 Å². The third-order valence-corrected chi connectivity index (χ3v) is 5.82.